The fourth-order valence-corrected chi connectivity index (χ4v) is 3.88. The number of halogens is 3. The average Bonchev–Trinajstić information content (AvgIpc) is 3.43. The van der Waals surface area contributed by atoms with Gasteiger partial charge in [-0.25, -0.2) is 13.2 Å². The van der Waals surface area contributed by atoms with Crippen LogP contribution in [0.25, 0.3) is 11.0 Å². The number of benzene rings is 2. The van der Waals surface area contributed by atoms with Crippen LogP contribution in [0.5, 0.6) is 5.75 Å². The van der Waals surface area contributed by atoms with E-state index < -0.39 is 34.7 Å². The Hall–Kier alpha value is -2.65. The van der Waals surface area contributed by atoms with Crippen molar-refractivity contribution >= 4 is 28.2 Å². The fraction of sp³-hybridized carbons (Fsp3) is 0.250. The molecule has 152 valence electrons. The molecule has 5 nitrogen and oxygen atoms in total. The third-order valence-electron chi connectivity index (χ3n) is 4.55. The molecule has 1 heterocycles. The van der Waals surface area contributed by atoms with Crippen LogP contribution in [-0.2, 0) is 11.4 Å². The van der Waals surface area contributed by atoms with Gasteiger partial charge in [0.2, 0.25) is 4.90 Å². The van der Waals surface area contributed by atoms with Gasteiger partial charge in [-0.1, -0.05) is 0 Å². The van der Waals surface area contributed by atoms with Crippen LogP contribution in [-0.4, -0.2) is 17.1 Å². The standard InChI is InChI=1S/C20H16F3NO4S/c1-2-27-17-8-14(22)15(23)9-19(17)29(26)24-20(25)18-7-12-13(21)5-11(10-3-4-10)6-16(12)28-18/h5-10H,2-4H2,1H3,(H,24,25). The molecule has 1 fully saturated rings. The summed E-state index contributed by atoms with van der Waals surface area (Å²) >= 11 is -2.26. The Balaban J connectivity index is 1.59. The summed E-state index contributed by atoms with van der Waals surface area (Å²) in [7, 11) is 0. The minimum atomic E-state index is -2.26. The third-order valence-corrected chi connectivity index (χ3v) is 5.64. The number of ether oxygens (including phenoxy) is 1. The van der Waals surface area contributed by atoms with Crippen LogP contribution in [0.1, 0.15) is 41.8 Å². The first-order valence-corrected chi connectivity index (χ1v) is 10.1. The molecule has 3 aromatic rings. The van der Waals surface area contributed by atoms with Crippen LogP contribution >= 0.6 is 0 Å². The summed E-state index contributed by atoms with van der Waals surface area (Å²) in [5.41, 5.74) is 1.02. The predicted molar refractivity (Wildman–Crippen MR) is 99.5 cm³/mol. The Morgan fingerprint density at radius 2 is 1.90 bits per heavy atom. The monoisotopic (exact) mass is 423 g/mol. The molecule has 1 aliphatic rings. The third kappa shape index (κ3) is 3.92. The van der Waals surface area contributed by atoms with Crippen LogP contribution in [0, 0.1) is 17.5 Å². The molecule has 2 aromatic carbocycles. The van der Waals surface area contributed by atoms with Crippen molar-refractivity contribution in [2.24, 2.45) is 0 Å². The van der Waals surface area contributed by atoms with Gasteiger partial charge in [-0.3, -0.25) is 4.79 Å². The van der Waals surface area contributed by atoms with Gasteiger partial charge in [-0.2, -0.15) is 4.72 Å². The van der Waals surface area contributed by atoms with Crippen molar-refractivity contribution in [3.63, 3.8) is 0 Å². The van der Waals surface area contributed by atoms with E-state index in [0.29, 0.717) is 12.0 Å². The topological polar surface area (TPSA) is 74.5 Å². The van der Waals surface area contributed by atoms with E-state index >= 15 is 0 Å². The first-order valence-electron chi connectivity index (χ1n) is 8.95. The van der Waals surface area contributed by atoms with E-state index in [4.69, 9.17) is 9.15 Å². The fourth-order valence-electron chi connectivity index (χ4n) is 2.99. The van der Waals surface area contributed by atoms with Gasteiger partial charge in [-0.05, 0) is 43.4 Å². The molecule has 1 saturated carbocycles. The normalized spacial score (nSPS) is 14.8. The maximum atomic E-state index is 14.3. The molecule has 0 bridgehead atoms. The van der Waals surface area contributed by atoms with Crippen LogP contribution in [0.15, 0.2) is 39.6 Å². The van der Waals surface area contributed by atoms with Gasteiger partial charge >= 0.3 is 5.91 Å². The summed E-state index contributed by atoms with van der Waals surface area (Å²) in [5, 5.41) is 0.133. The van der Waals surface area contributed by atoms with Gasteiger partial charge < -0.3 is 13.7 Å². The van der Waals surface area contributed by atoms with Crippen LogP contribution in [0.4, 0.5) is 13.2 Å². The largest absolute Gasteiger partial charge is 0.588 e. The predicted octanol–water partition coefficient (Wildman–Crippen LogP) is 4.58. The van der Waals surface area contributed by atoms with Gasteiger partial charge in [0, 0.05) is 18.2 Å². The number of hydrogen-bond acceptors (Lipinski definition) is 4. The molecular formula is C20H16F3NO4S. The number of fused-ring (bicyclic) bond motifs is 1. The van der Waals surface area contributed by atoms with Crippen molar-refractivity contribution in [1.29, 1.82) is 0 Å². The number of rotatable bonds is 6. The molecule has 1 aliphatic carbocycles. The molecule has 1 amide bonds. The molecule has 29 heavy (non-hydrogen) atoms. The maximum absolute atomic E-state index is 14.3. The first-order chi connectivity index (χ1) is 13.9. The van der Waals surface area contributed by atoms with Crippen molar-refractivity contribution in [3.8, 4) is 5.75 Å². The lowest BCUT2D eigenvalue weighted by Gasteiger charge is -2.13. The van der Waals surface area contributed by atoms with E-state index in [1.165, 1.54) is 12.1 Å². The van der Waals surface area contributed by atoms with Gasteiger partial charge in [0.1, 0.15) is 22.8 Å². The Morgan fingerprint density at radius 3 is 2.59 bits per heavy atom. The number of furan rings is 1. The zero-order valence-corrected chi connectivity index (χ0v) is 16.1. The van der Waals surface area contributed by atoms with E-state index in [9.17, 15) is 22.5 Å². The molecule has 1 unspecified atom stereocenters. The van der Waals surface area contributed by atoms with Crippen molar-refractivity contribution in [3.05, 3.63) is 59.1 Å². The number of amides is 1. The maximum Gasteiger partial charge on any atom is 0.328 e. The van der Waals surface area contributed by atoms with Gasteiger partial charge in [-0.15, -0.1) is 0 Å². The SMILES string of the molecule is CCOc1cc(F)c(F)cc1[S+]([O-])NC(=O)c1cc2c(F)cc(C3CC3)cc2o1. The molecule has 0 saturated heterocycles. The van der Waals surface area contributed by atoms with E-state index in [-0.39, 0.29) is 34.0 Å². The van der Waals surface area contributed by atoms with Crippen LogP contribution in [0.2, 0.25) is 0 Å². The molecule has 0 radical (unpaired) electrons. The highest BCUT2D eigenvalue weighted by Gasteiger charge is 2.28. The van der Waals surface area contributed by atoms with E-state index in [2.05, 4.69) is 4.72 Å². The minimum Gasteiger partial charge on any atom is -0.588 e. The van der Waals surface area contributed by atoms with Crippen molar-refractivity contribution in [2.75, 3.05) is 6.61 Å². The van der Waals surface area contributed by atoms with Crippen LogP contribution in [0.3, 0.4) is 0 Å². The quantitative estimate of drug-likeness (QED) is 0.589. The highest BCUT2D eigenvalue weighted by molar-refractivity contribution is 7.90. The second-order valence-electron chi connectivity index (χ2n) is 6.65. The Bertz CT molecular complexity index is 1100. The van der Waals surface area contributed by atoms with E-state index in [1.807, 2.05) is 0 Å². The summed E-state index contributed by atoms with van der Waals surface area (Å²) in [4.78, 5) is 12.2. The summed E-state index contributed by atoms with van der Waals surface area (Å²) < 4.78 is 66.6. The molecule has 1 aromatic heterocycles. The Labute approximate surface area is 167 Å². The summed E-state index contributed by atoms with van der Waals surface area (Å²) in [6.07, 6.45) is 1.96. The minimum absolute atomic E-state index is 0.120. The number of carbonyl (C=O) groups is 1. The molecule has 1 atom stereocenters. The highest BCUT2D eigenvalue weighted by Crippen LogP contribution is 2.41. The number of nitrogens with one attached hydrogen (secondary N) is 1. The second-order valence-corrected chi connectivity index (χ2v) is 7.83. The summed E-state index contributed by atoms with van der Waals surface area (Å²) in [6, 6.07) is 5.77. The zero-order valence-electron chi connectivity index (χ0n) is 15.3. The molecule has 0 aliphatic heterocycles. The Kier molecular flexibility index (Phi) is 5.18. The Morgan fingerprint density at radius 1 is 1.17 bits per heavy atom. The van der Waals surface area contributed by atoms with Crippen molar-refractivity contribution in [1.82, 2.24) is 4.72 Å². The molecule has 4 rings (SSSR count). The first kappa shape index (κ1) is 19.7. The molecule has 9 heteroatoms. The number of hydrogen-bond donors (Lipinski definition) is 1. The zero-order chi connectivity index (χ0) is 20.7. The van der Waals surface area contributed by atoms with E-state index in [1.54, 1.807) is 13.0 Å². The lowest BCUT2D eigenvalue weighted by Crippen LogP contribution is -2.30. The smallest absolute Gasteiger partial charge is 0.328 e. The second kappa shape index (κ2) is 7.64. The lowest BCUT2D eigenvalue weighted by molar-refractivity contribution is 0.0956. The van der Waals surface area contributed by atoms with Crippen molar-refractivity contribution < 1.29 is 31.7 Å². The molecule has 1 N–H and O–H groups in total. The molecular weight excluding hydrogens is 407 g/mol. The van der Waals surface area contributed by atoms with Crippen LogP contribution < -0.4 is 9.46 Å². The summed E-state index contributed by atoms with van der Waals surface area (Å²) in [5.74, 6) is -3.90. The van der Waals surface area contributed by atoms with Crippen molar-refractivity contribution in [2.45, 2.75) is 30.6 Å². The van der Waals surface area contributed by atoms with Gasteiger partial charge in [0.15, 0.2) is 23.1 Å². The average molecular weight is 423 g/mol. The van der Waals surface area contributed by atoms with Gasteiger partial charge in [0.25, 0.3) is 0 Å². The van der Waals surface area contributed by atoms with E-state index in [0.717, 1.165) is 24.5 Å². The molecule has 0 spiro atoms. The highest BCUT2D eigenvalue weighted by atomic mass is 32.2. The van der Waals surface area contributed by atoms with Gasteiger partial charge in [0.05, 0.1) is 12.0 Å². The lowest BCUT2D eigenvalue weighted by atomic mass is 10.1. The number of carbonyl (C=O) groups excluding carboxylic acids is 1. The summed E-state index contributed by atoms with van der Waals surface area (Å²) in [6.45, 7) is 1.74.